The van der Waals surface area contributed by atoms with Gasteiger partial charge < -0.3 is 14.7 Å². The number of ether oxygens (including phenoxy) is 1. The van der Waals surface area contributed by atoms with Crippen LogP contribution in [0.3, 0.4) is 0 Å². The molecule has 0 unspecified atom stereocenters. The van der Waals surface area contributed by atoms with Gasteiger partial charge in [-0.1, -0.05) is 0 Å². The van der Waals surface area contributed by atoms with Gasteiger partial charge in [-0.2, -0.15) is 0 Å². The van der Waals surface area contributed by atoms with Crippen LogP contribution in [-0.4, -0.2) is 73.4 Å². The normalized spacial score (nSPS) is 23.3. The molecule has 0 aromatic heterocycles. The van der Waals surface area contributed by atoms with Crippen molar-refractivity contribution in [1.82, 2.24) is 9.80 Å². The lowest BCUT2D eigenvalue weighted by Gasteiger charge is -2.35. The molecule has 0 atom stereocenters. The highest BCUT2D eigenvalue weighted by Gasteiger charge is 2.24. The van der Waals surface area contributed by atoms with Crippen LogP contribution in [0.5, 0.6) is 0 Å². The molecule has 1 N–H and O–H groups in total. The highest BCUT2D eigenvalue weighted by Crippen LogP contribution is 2.19. The molecule has 2 rings (SSSR count). The number of β-amino-alcohol motifs (C(OH)–C–C–N with tert-alkyl or cyclic N) is 1. The fourth-order valence-corrected chi connectivity index (χ4v) is 2.69. The topological polar surface area (TPSA) is 53.0 Å². The summed E-state index contributed by atoms with van der Waals surface area (Å²) in [5, 5.41) is 8.88. The molecule has 0 spiro atoms. The summed E-state index contributed by atoms with van der Waals surface area (Å²) in [7, 11) is 0. The van der Waals surface area contributed by atoms with E-state index in [9.17, 15) is 4.79 Å². The Bertz CT molecular complexity index is 259. The van der Waals surface area contributed by atoms with E-state index >= 15 is 0 Å². The first kappa shape index (κ1) is 13.8. The van der Waals surface area contributed by atoms with Crippen LogP contribution in [0.15, 0.2) is 0 Å². The van der Waals surface area contributed by atoms with Gasteiger partial charge in [-0.3, -0.25) is 9.69 Å². The van der Waals surface area contributed by atoms with Gasteiger partial charge in [0, 0.05) is 52.4 Å². The minimum Gasteiger partial charge on any atom is -0.395 e. The van der Waals surface area contributed by atoms with Crippen LogP contribution in [0.1, 0.15) is 19.3 Å². The van der Waals surface area contributed by atoms with E-state index in [-0.39, 0.29) is 6.61 Å². The van der Waals surface area contributed by atoms with Crippen molar-refractivity contribution in [2.75, 3.05) is 52.5 Å². The van der Waals surface area contributed by atoms with Crippen LogP contribution in [0, 0.1) is 5.92 Å². The fraction of sp³-hybridized carbons (Fsp3) is 0.923. The van der Waals surface area contributed by atoms with Crippen molar-refractivity contribution in [3.63, 3.8) is 0 Å². The molecule has 0 aromatic rings. The summed E-state index contributed by atoms with van der Waals surface area (Å²) < 4.78 is 5.31. The maximum Gasteiger partial charge on any atom is 0.222 e. The number of nitrogens with zero attached hydrogens (tertiary/aromatic N) is 2. The second-order valence-electron chi connectivity index (χ2n) is 5.21. The highest BCUT2D eigenvalue weighted by molar-refractivity contribution is 5.76. The summed E-state index contributed by atoms with van der Waals surface area (Å²) in [5.74, 6) is 0.812. The van der Waals surface area contributed by atoms with Crippen molar-refractivity contribution in [3.05, 3.63) is 0 Å². The first-order chi connectivity index (χ1) is 8.79. The molecule has 0 aromatic carbocycles. The van der Waals surface area contributed by atoms with Crippen molar-refractivity contribution in [3.8, 4) is 0 Å². The summed E-state index contributed by atoms with van der Waals surface area (Å²) in [5.41, 5.74) is 0. The maximum absolute atomic E-state index is 12.1. The predicted octanol–water partition coefficient (Wildman–Crippen LogP) is -0.0604. The molecule has 2 aliphatic heterocycles. The number of rotatable bonds is 4. The minimum atomic E-state index is 0.204. The number of hydrogen-bond donors (Lipinski definition) is 1. The van der Waals surface area contributed by atoms with Crippen molar-refractivity contribution in [2.45, 2.75) is 19.3 Å². The summed E-state index contributed by atoms with van der Waals surface area (Å²) >= 11 is 0. The van der Waals surface area contributed by atoms with Gasteiger partial charge in [0.1, 0.15) is 0 Å². The number of carbonyl (C=O) groups is 1. The number of carbonyl (C=O) groups excluding carboxylic acids is 1. The van der Waals surface area contributed by atoms with Crippen LogP contribution in [0.25, 0.3) is 0 Å². The molecule has 0 bridgehead atoms. The Balaban J connectivity index is 1.70. The molecule has 0 radical (unpaired) electrons. The Morgan fingerprint density at radius 2 is 1.83 bits per heavy atom. The van der Waals surface area contributed by atoms with Gasteiger partial charge in [-0.05, 0) is 18.8 Å². The quantitative estimate of drug-likeness (QED) is 0.765. The van der Waals surface area contributed by atoms with Crippen LogP contribution in [0.2, 0.25) is 0 Å². The number of piperazine rings is 1. The average molecular weight is 256 g/mol. The van der Waals surface area contributed by atoms with E-state index in [0.717, 1.165) is 58.8 Å². The van der Waals surface area contributed by atoms with Crippen LogP contribution < -0.4 is 0 Å². The Kier molecular flexibility index (Phi) is 5.41. The zero-order chi connectivity index (χ0) is 12.8. The lowest BCUT2D eigenvalue weighted by molar-refractivity contribution is -0.134. The summed E-state index contributed by atoms with van der Waals surface area (Å²) in [6, 6.07) is 0. The molecule has 104 valence electrons. The Morgan fingerprint density at radius 1 is 1.17 bits per heavy atom. The number of amides is 1. The zero-order valence-corrected chi connectivity index (χ0v) is 11.0. The highest BCUT2D eigenvalue weighted by atomic mass is 16.5. The molecule has 0 aliphatic carbocycles. The minimum absolute atomic E-state index is 0.204. The largest absolute Gasteiger partial charge is 0.395 e. The van der Waals surface area contributed by atoms with E-state index in [1.165, 1.54) is 0 Å². The average Bonchev–Trinajstić information content (AvgIpc) is 2.41. The second-order valence-corrected chi connectivity index (χ2v) is 5.21. The molecule has 0 saturated carbocycles. The molecular weight excluding hydrogens is 232 g/mol. The van der Waals surface area contributed by atoms with Gasteiger partial charge in [0.2, 0.25) is 5.91 Å². The SMILES string of the molecule is O=C(CC1CCOCC1)N1CCN(CCO)CC1. The number of aliphatic hydroxyl groups excluding tert-OH is 1. The number of aliphatic hydroxyl groups is 1. The predicted molar refractivity (Wildman–Crippen MR) is 68.3 cm³/mol. The molecule has 5 nitrogen and oxygen atoms in total. The molecule has 5 heteroatoms. The van der Waals surface area contributed by atoms with E-state index in [2.05, 4.69) is 4.90 Å². The Morgan fingerprint density at radius 3 is 2.44 bits per heavy atom. The molecule has 1 amide bonds. The van der Waals surface area contributed by atoms with Crippen molar-refractivity contribution >= 4 is 5.91 Å². The van der Waals surface area contributed by atoms with E-state index in [1.54, 1.807) is 0 Å². The first-order valence-corrected chi connectivity index (χ1v) is 6.98. The standard InChI is InChI=1S/C13H24N2O3/c16-8-7-14-3-5-15(6-4-14)13(17)11-12-1-9-18-10-2-12/h12,16H,1-11H2. The van der Waals surface area contributed by atoms with Gasteiger partial charge in [0.15, 0.2) is 0 Å². The monoisotopic (exact) mass is 256 g/mol. The zero-order valence-electron chi connectivity index (χ0n) is 11.0. The lowest BCUT2D eigenvalue weighted by Crippen LogP contribution is -2.49. The molecule has 18 heavy (non-hydrogen) atoms. The first-order valence-electron chi connectivity index (χ1n) is 6.98. The molecular formula is C13H24N2O3. The third-order valence-electron chi connectivity index (χ3n) is 3.95. The summed E-state index contributed by atoms with van der Waals surface area (Å²) in [4.78, 5) is 16.3. The van der Waals surface area contributed by atoms with E-state index < -0.39 is 0 Å². The van der Waals surface area contributed by atoms with E-state index in [1.807, 2.05) is 4.90 Å². The Hall–Kier alpha value is -0.650. The molecule has 2 fully saturated rings. The van der Waals surface area contributed by atoms with Crippen LogP contribution >= 0.6 is 0 Å². The molecule has 2 heterocycles. The van der Waals surface area contributed by atoms with Gasteiger partial charge in [-0.15, -0.1) is 0 Å². The third kappa shape index (κ3) is 3.93. The lowest BCUT2D eigenvalue weighted by atomic mass is 9.96. The summed E-state index contributed by atoms with van der Waals surface area (Å²) in [6.45, 7) is 5.94. The maximum atomic E-state index is 12.1. The van der Waals surface area contributed by atoms with Crippen molar-refractivity contribution in [1.29, 1.82) is 0 Å². The summed E-state index contributed by atoms with van der Waals surface area (Å²) in [6.07, 6.45) is 2.73. The molecule has 2 aliphatic rings. The fourth-order valence-electron chi connectivity index (χ4n) is 2.69. The van der Waals surface area contributed by atoms with E-state index in [0.29, 0.717) is 18.2 Å². The van der Waals surface area contributed by atoms with Crippen LogP contribution in [0.4, 0.5) is 0 Å². The van der Waals surface area contributed by atoms with Gasteiger partial charge in [-0.25, -0.2) is 0 Å². The number of hydrogen-bond acceptors (Lipinski definition) is 4. The van der Waals surface area contributed by atoms with Gasteiger partial charge >= 0.3 is 0 Å². The van der Waals surface area contributed by atoms with Crippen molar-refractivity contribution < 1.29 is 14.6 Å². The van der Waals surface area contributed by atoms with Crippen molar-refractivity contribution in [2.24, 2.45) is 5.92 Å². The third-order valence-corrected chi connectivity index (χ3v) is 3.95. The van der Waals surface area contributed by atoms with Gasteiger partial charge in [0.25, 0.3) is 0 Å². The smallest absolute Gasteiger partial charge is 0.222 e. The van der Waals surface area contributed by atoms with Gasteiger partial charge in [0.05, 0.1) is 6.61 Å². The van der Waals surface area contributed by atoms with E-state index in [4.69, 9.17) is 9.84 Å². The molecule has 2 saturated heterocycles. The Labute approximate surface area is 109 Å². The second kappa shape index (κ2) is 7.07. The van der Waals surface area contributed by atoms with Crippen LogP contribution in [-0.2, 0) is 9.53 Å².